The summed E-state index contributed by atoms with van der Waals surface area (Å²) in [5.41, 5.74) is 2.33. The SMILES string of the molecule is Cc1cccc(Cn2ccc(N3C(=O)[C@@H]4[C@H](C3=O)[C@H]3CC[C@H]4O3)n2)c1. The number of aryl methyl sites for hydroxylation is 1. The summed E-state index contributed by atoms with van der Waals surface area (Å²) in [6, 6.07) is 9.95. The Hall–Kier alpha value is -2.47. The fourth-order valence-corrected chi connectivity index (χ4v) is 4.49. The van der Waals surface area contributed by atoms with Crippen molar-refractivity contribution in [3.63, 3.8) is 0 Å². The van der Waals surface area contributed by atoms with Crippen LogP contribution in [0.5, 0.6) is 0 Å². The lowest BCUT2D eigenvalue weighted by Gasteiger charge is -2.15. The van der Waals surface area contributed by atoms with Gasteiger partial charge in [0.15, 0.2) is 5.82 Å². The van der Waals surface area contributed by atoms with Crippen molar-refractivity contribution in [2.45, 2.75) is 38.5 Å². The molecule has 0 N–H and O–H groups in total. The number of anilines is 1. The van der Waals surface area contributed by atoms with E-state index in [0.717, 1.165) is 18.4 Å². The normalized spacial score (nSPS) is 30.4. The first-order chi connectivity index (χ1) is 12.1. The minimum atomic E-state index is -0.312. The molecule has 3 fully saturated rings. The second kappa shape index (κ2) is 5.26. The first-order valence-electron chi connectivity index (χ1n) is 8.74. The lowest BCUT2D eigenvalue weighted by molar-refractivity contribution is -0.124. The molecule has 6 heteroatoms. The first kappa shape index (κ1) is 14.8. The van der Waals surface area contributed by atoms with Gasteiger partial charge in [-0.2, -0.15) is 5.10 Å². The molecule has 128 valence electrons. The zero-order valence-corrected chi connectivity index (χ0v) is 14.0. The molecule has 3 saturated heterocycles. The predicted octanol–water partition coefficient (Wildman–Crippen LogP) is 1.91. The lowest BCUT2D eigenvalue weighted by Crippen LogP contribution is -2.34. The Kier molecular flexibility index (Phi) is 3.12. The van der Waals surface area contributed by atoms with E-state index in [2.05, 4.69) is 24.2 Å². The van der Waals surface area contributed by atoms with E-state index in [1.807, 2.05) is 18.3 Å². The van der Waals surface area contributed by atoms with Crippen molar-refractivity contribution in [3.05, 3.63) is 47.7 Å². The number of carbonyl (C=O) groups is 2. The third-order valence-electron chi connectivity index (χ3n) is 5.57. The van der Waals surface area contributed by atoms with Gasteiger partial charge in [-0.25, -0.2) is 4.90 Å². The molecule has 0 spiro atoms. The summed E-state index contributed by atoms with van der Waals surface area (Å²) < 4.78 is 7.53. The molecule has 1 aromatic heterocycles. The highest BCUT2D eigenvalue weighted by atomic mass is 16.5. The Morgan fingerprint density at radius 2 is 1.84 bits per heavy atom. The summed E-state index contributed by atoms with van der Waals surface area (Å²) >= 11 is 0. The Morgan fingerprint density at radius 1 is 1.12 bits per heavy atom. The van der Waals surface area contributed by atoms with Gasteiger partial charge >= 0.3 is 0 Å². The number of imide groups is 1. The van der Waals surface area contributed by atoms with Crippen LogP contribution in [0.15, 0.2) is 36.5 Å². The minimum Gasteiger partial charge on any atom is -0.373 e. The van der Waals surface area contributed by atoms with Crippen molar-refractivity contribution >= 4 is 17.6 Å². The number of carbonyl (C=O) groups excluding carboxylic acids is 2. The Balaban J connectivity index is 1.40. The average Bonchev–Trinajstić information content (AvgIpc) is 3.33. The van der Waals surface area contributed by atoms with Gasteiger partial charge in [-0.05, 0) is 25.3 Å². The van der Waals surface area contributed by atoms with E-state index in [4.69, 9.17) is 4.74 Å². The van der Waals surface area contributed by atoms with Gasteiger partial charge in [-0.3, -0.25) is 14.3 Å². The Labute approximate surface area is 145 Å². The number of ether oxygens (including phenoxy) is 1. The summed E-state index contributed by atoms with van der Waals surface area (Å²) in [6.45, 7) is 2.66. The van der Waals surface area contributed by atoms with Crippen molar-refractivity contribution in [2.75, 3.05) is 4.90 Å². The Morgan fingerprint density at radius 3 is 2.52 bits per heavy atom. The van der Waals surface area contributed by atoms with Gasteiger partial charge < -0.3 is 4.74 Å². The van der Waals surface area contributed by atoms with Crippen molar-refractivity contribution < 1.29 is 14.3 Å². The number of hydrogen-bond acceptors (Lipinski definition) is 4. The fraction of sp³-hybridized carbons (Fsp3) is 0.421. The van der Waals surface area contributed by atoms with Crippen molar-refractivity contribution in [1.82, 2.24) is 9.78 Å². The number of fused-ring (bicyclic) bond motifs is 5. The molecule has 1 aromatic carbocycles. The largest absolute Gasteiger partial charge is 0.373 e. The maximum atomic E-state index is 12.8. The molecule has 6 nitrogen and oxygen atoms in total. The maximum Gasteiger partial charge on any atom is 0.241 e. The summed E-state index contributed by atoms with van der Waals surface area (Å²) in [7, 11) is 0. The summed E-state index contributed by atoms with van der Waals surface area (Å²) in [5, 5.41) is 4.48. The summed E-state index contributed by atoms with van der Waals surface area (Å²) in [5.74, 6) is -0.496. The quantitative estimate of drug-likeness (QED) is 0.803. The highest BCUT2D eigenvalue weighted by Crippen LogP contribution is 2.49. The molecule has 4 atom stereocenters. The second-order valence-corrected chi connectivity index (χ2v) is 7.21. The van der Waals surface area contributed by atoms with Crippen LogP contribution < -0.4 is 4.90 Å². The van der Waals surface area contributed by atoms with E-state index >= 15 is 0 Å². The molecular weight excluding hydrogens is 318 g/mol. The van der Waals surface area contributed by atoms with Crippen LogP contribution in [0.4, 0.5) is 5.82 Å². The average molecular weight is 337 g/mol. The zero-order chi connectivity index (χ0) is 17.1. The van der Waals surface area contributed by atoms with Crippen LogP contribution in [0.1, 0.15) is 24.0 Å². The highest BCUT2D eigenvalue weighted by Gasteiger charge is 2.63. The Bertz CT molecular complexity index is 846. The van der Waals surface area contributed by atoms with E-state index in [-0.39, 0.29) is 35.9 Å². The van der Waals surface area contributed by atoms with E-state index in [1.54, 1.807) is 10.7 Å². The predicted molar refractivity (Wildman–Crippen MR) is 89.9 cm³/mol. The van der Waals surface area contributed by atoms with Crippen LogP contribution in [-0.4, -0.2) is 33.8 Å². The van der Waals surface area contributed by atoms with Gasteiger partial charge in [0.25, 0.3) is 0 Å². The van der Waals surface area contributed by atoms with Gasteiger partial charge in [-0.1, -0.05) is 29.8 Å². The smallest absolute Gasteiger partial charge is 0.241 e. The van der Waals surface area contributed by atoms with Gasteiger partial charge in [-0.15, -0.1) is 0 Å². The molecule has 25 heavy (non-hydrogen) atoms. The maximum absolute atomic E-state index is 12.8. The van der Waals surface area contributed by atoms with Crippen molar-refractivity contribution in [1.29, 1.82) is 0 Å². The monoisotopic (exact) mass is 337 g/mol. The molecule has 3 aliphatic heterocycles. The lowest BCUT2D eigenvalue weighted by atomic mass is 9.81. The standard InChI is InChI=1S/C19H19N3O3/c1-11-3-2-4-12(9-11)10-21-8-7-15(20-21)22-18(23)16-13-5-6-14(25-13)17(16)19(22)24/h2-4,7-9,13-14,16-17H,5-6,10H2,1H3/t13-,14-,16-,17+/m1/s1. The fourth-order valence-electron chi connectivity index (χ4n) is 4.49. The van der Waals surface area contributed by atoms with Crippen molar-refractivity contribution in [2.24, 2.45) is 11.8 Å². The van der Waals surface area contributed by atoms with Crippen LogP contribution in [0.2, 0.25) is 0 Å². The first-order valence-corrected chi connectivity index (χ1v) is 8.74. The van der Waals surface area contributed by atoms with E-state index in [1.165, 1.54) is 10.5 Å². The second-order valence-electron chi connectivity index (χ2n) is 7.21. The van der Waals surface area contributed by atoms with Crippen LogP contribution in [-0.2, 0) is 20.9 Å². The number of hydrogen-bond donors (Lipinski definition) is 0. The molecule has 0 unspecified atom stereocenters. The van der Waals surface area contributed by atoms with Crippen LogP contribution in [0, 0.1) is 18.8 Å². The molecule has 3 aliphatic rings. The molecule has 0 radical (unpaired) electrons. The van der Waals surface area contributed by atoms with E-state index in [0.29, 0.717) is 12.4 Å². The van der Waals surface area contributed by atoms with Crippen LogP contribution in [0.25, 0.3) is 0 Å². The van der Waals surface area contributed by atoms with Gasteiger partial charge in [0, 0.05) is 12.3 Å². The molecule has 0 saturated carbocycles. The molecule has 2 bridgehead atoms. The van der Waals surface area contributed by atoms with E-state index < -0.39 is 0 Å². The summed E-state index contributed by atoms with van der Waals surface area (Å²) in [6.07, 6.45) is 3.38. The van der Waals surface area contributed by atoms with Crippen LogP contribution in [0.3, 0.4) is 0 Å². The van der Waals surface area contributed by atoms with E-state index in [9.17, 15) is 9.59 Å². The molecule has 5 rings (SSSR count). The van der Waals surface area contributed by atoms with Crippen molar-refractivity contribution in [3.8, 4) is 0 Å². The molecule has 0 aliphatic carbocycles. The number of aromatic nitrogens is 2. The minimum absolute atomic E-state index is 0.0918. The topological polar surface area (TPSA) is 64.4 Å². The third-order valence-corrected chi connectivity index (χ3v) is 5.57. The molecule has 4 heterocycles. The molecular formula is C19H19N3O3. The van der Waals surface area contributed by atoms with Gasteiger partial charge in [0.2, 0.25) is 11.8 Å². The highest BCUT2D eigenvalue weighted by molar-refractivity contribution is 6.22. The summed E-state index contributed by atoms with van der Waals surface area (Å²) in [4.78, 5) is 26.8. The number of nitrogens with zero attached hydrogens (tertiary/aromatic N) is 3. The number of benzene rings is 1. The zero-order valence-electron chi connectivity index (χ0n) is 14.0. The molecule has 2 aromatic rings. The third kappa shape index (κ3) is 2.17. The van der Waals surface area contributed by atoms with Crippen LogP contribution >= 0.6 is 0 Å². The van der Waals surface area contributed by atoms with Gasteiger partial charge in [0.1, 0.15) is 0 Å². The number of amides is 2. The molecule has 2 amide bonds. The number of rotatable bonds is 3. The van der Waals surface area contributed by atoms with Gasteiger partial charge in [0.05, 0.1) is 30.6 Å².